The summed E-state index contributed by atoms with van der Waals surface area (Å²) in [6.07, 6.45) is 1.77. The lowest BCUT2D eigenvalue weighted by atomic mass is 9.85. The van der Waals surface area contributed by atoms with Gasteiger partial charge in [0.15, 0.2) is 0 Å². The molecule has 0 spiro atoms. The van der Waals surface area contributed by atoms with Crippen LogP contribution in [0.25, 0.3) is 10.8 Å². The smallest absolute Gasteiger partial charge is 0.233 e. The molecule has 1 amide bonds. The first-order chi connectivity index (χ1) is 11.6. The highest BCUT2D eigenvalue weighted by Crippen LogP contribution is 2.58. The van der Waals surface area contributed by atoms with Crippen molar-refractivity contribution < 1.29 is 4.79 Å². The SMILES string of the molecule is CCC(N)C1C[C@@]1(C(=O)N(CC)CC)c1cccc2ccccc12. The molecule has 24 heavy (non-hydrogen) atoms. The Balaban J connectivity index is 2.14. The van der Waals surface area contributed by atoms with Gasteiger partial charge in [-0.05, 0) is 48.9 Å². The van der Waals surface area contributed by atoms with Crippen LogP contribution in [-0.2, 0) is 10.2 Å². The normalized spacial score (nSPS) is 23.9. The molecule has 1 aliphatic carbocycles. The fourth-order valence-electron chi connectivity index (χ4n) is 4.17. The van der Waals surface area contributed by atoms with Crippen LogP contribution in [0.2, 0.25) is 0 Å². The van der Waals surface area contributed by atoms with E-state index in [1.54, 1.807) is 0 Å². The molecule has 0 heterocycles. The van der Waals surface area contributed by atoms with Crippen LogP contribution in [0.4, 0.5) is 0 Å². The lowest BCUT2D eigenvalue weighted by molar-refractivity contribution is -0.134. The Hall–Kier alpha value is -1.87. The average Bonchev–Trinajstić information content (AvgIpc) is 3.38. The van der Waals surface area contributed by atoms with Crippen molar-refractivity contribution in [2.45, 2.75) is 45.1 Å². The van der Waals surface area contributed by atoms with Crippen LogP contribution in [0.1, 0.15) is 39.2 Å². The van der Waals surface area contributed by atoms with E-state index in [0.717, 1.165) is 31.5 Å². The van der Waals surface area contributed by atoms with E-state index >= 15 is 0 Å². The van der Waals surface area contributed by atoms with E-state index in [2.05, 4.69) is 57.2 Å². The van der Waals surface area contributed by atoms with Crippen molar-refractivity contribution in [2.75, 3.05) is 13.1 Å². The lowest BCUT2D eigenvalue weighted by Crippen LogP contribution is -2.42. The summed E-state index contributed by atoms with van der Waals surface area (Å²) in [6.45, 7) is 7.70. The van der Waals surface area contributed by atoms with Gasteiger partial charge in [-0.2, -0.15) is 0 Å². The quantitative estimate of drug-likeness (QED) is 0.880. The Kier molecular flexibility index (Phi) is 4.64. The third-order valence-corrected chi connectivity index (χ3v) is 5.71. The van der Waals surface area contributed by atoms with Crippen molar-refractivity contribution >= 4 is 16.7 Å². The van der Waals surface area contributed by atoms with Crippen LogP contribution in [0.3, 0.4) is 0 Å². The standard InChI is InChI=1S/C21H28N2O/c1-4-19(22)18-14-21(18,20(24)23(5-2)6-3)17-13-9-11-15-10-7-8-12-16(15)17/h7-13,18-19H,4-6,14,22H2,1-3H3/t18?,19?,21-/m1/s1. The minimum absolute atomic E-state index is 0.0727. The summed E-state index contributed by atoms with van der Waals surface area (Å²) < 4.78 is 0. The van der Waals surface area contributed by atoms with Gasteiger partial charge in [0, 0.05) is 19.1 Å². The van der Waals surface area contributed by atoms with Crippen LogP contribution >= 0.6 is 0 Å². The molecule has 1 fully saturated rings. The van der Waals surface area contributed by atoms with Gasteiger partial charge in [0.1, 0.15) is 0 Å². The van der Waals surface area contributed by atoms with E-state index in [1.807, 2.05) is 11.0 Å². The number of hydrogen-bond donors (Lipinski definition) is 1. The summed E-state index contributed by atoms with van der Waals surface area (Å²) in [6, 6.07) is 14.7. The number of nitrogens with two attached hydrogens (primary N) is 1. The Labute approximate surface area is 144 Å². The summed E-state index contributed by atoms with van der Waals surface area (Å²) in [4.78, 5) is 15.4. The number of nitrogens with zero attached hydrogens (tertiary/aromatic N) is 1. The van der Waals surface area contributed by atoms with E-state index in [4.69, 9.17) is 5.73 Å². The predicted octanol–water partition coefficient (Wildman–Crippen LogP) is 3.70. The Morgan fingerprint density at radius 3 is 2.50 bits per heavy atom. The molecule has 0 aromatic heterocycles. The van der Waals surface area contributed by atoms with E-state index in [9.17, 15) is 4.79 Å². The van der Waals surface area contributed by atoms with E-state index in [1.165, 1.54) is 10.8 Å². The largest absolute Gasteiger partial charge is 0.342 e. The zero-order valence-electron chi connectivity index (χ0n) is 15.0. The van der Waals surface area contributed by atoms with E-state index in [0.29, 0.717) is 0 Å². The number of benzene rings is 2. The van der Waals surface area contributed by atoms with Crippen molar-refractivity contribution in [2.24, 2.45) is 11.7 Å². The summed E-state index contributed by atoms with van der Waals surface area (Å²) >= 11 is 0. The molecular formula is C21H28N2O. The van der Waals surface area contributed by atoms with Gasteiger partial charge in [-0.1, -0.05) is 49.4 Å². The van der Waals surface area contributed by atoms with Gasteiger partial charge in [-0.15, -0.1) is 0 Å². The summed E-state index contributed by atoms with van der Waals surface area (Å²) in [7, 11) is 0. The Morgan fingerprint density at radius 1 is 1.17 bits per heavy atom. The van der Waals surface area contributed by atoms with Crippen molar-refractivity contribution in [3.05, 3.63) is 48.0 Å². The van der Waals surface area contributed by atoms with Gasteiger partial charge in [-0.3, -0.25) is 4.79 Å². The molecule has 1 saturated carbocycles. The minimum atomic E-state index is -0.442. The first-order valence-electron chi connectivity index (χ1n) is 9.13. The minimum Gasteiger partial charge on any atom is -0.342 e. The monoisotopic (exact) mass is 324 g/mol. The third kappa shape index (κ3) is 2.51. The van der Waals surface area contributed by atoms with Gasteiger partial charge in [0.05, 0.1) is 5.41 Å². The molecule has 2 N–H and O–H groups in total. The molecule has 128 valence electrons. The maximum atomic E-state index is 13.4. The molecular weight excluding hydrogens is 296 g/mol. The van der Waals surface area contributed by atoms with Crippen molar-refractivity contribution in [3.63, 3.8) is 0 Å². The third-order valence-electron chi connectivity index (χ3n) is 5.71. The first-order valence-corrected chi connectivity index (χ1v) is 9.13. The van der Waals surface area contributed by atoms with Crippen LogP contribution in [0.5, 0.6) is 0 Å². The maximum absolute atomic E-state index is 13.4. The maximum Gasteiger partial charge on any atom is 0.233 e. The molecule has 3 rings (SSSR count). The topological polar surface area (TPSA) is 46.3 Å². The Morgan fingerprint density at radius 2 is 1.83 bits per heavy atom. The van der Waals surface area contributed by atoms with Gasteiger partial charge < -0.3 is 10.6 Å². The molecule has 2 aromatic rings. The van der Waals surface area contributed by atoms with E-state index in [-0.39, 0.29) is 17.9 Å². The van der Waals surface area contributed by atoms with Gasteiger partial charge in [0.2, 0.25) is 5.91 Å². The molecule has 1 aliphatic rings. The van der Waals surface area contributed by atoms with Crippen LogP contribution in [0, 0.1) is 5.92 Å². The zero-order valence-corrected chi connectivity index (χ0v) is 15.0. The molecule has 3 heteroatoms. The molecule has 3 atom stereocenters. The second kappa shape index (κ2) is 6.56. The average molecular weight is 324 g/mol. The first kappa shape index (κ1) is 17.0. The number of carbonyl (C=O) groups is 1. The number of fused-ring (bicyclic) bond motifs is 1. The number of hydrogen-bond acceptors (Lipinski definition) is 2. The van der Waals surface area contributed by atoms with Crippen molar-refractivity contribution in [1.29, 1.82) is 0 Å². The number of rotatable bonds is 6. The highest BCUT2D eigenvalue weighted by atomic mass is 16.2. The molecule has 0 radical (unpaired) electrons. The second-order valence-corrected chi connectivity index (χ2v) is 6.86. The van der Waals surface area contributed by atoms with E-state index < -0.39 is 5.41 Å². The van der Waals surface area contributed by atoms with Crippen LogP contribution < -0.4 is 5.73 Å². The fraction of sp³-hybridized carbons (Fsp3) is 0.476. The number of likely N-dealkylation sites (N-methyl/N-ethyl adjacent to an activating group) is 1. The summed E-state index contributed by atoms with van der Waals surface area (Å²) in [5.74, 6) is 0.485. The van der Waals surface area contributed by atoms with Crippen LogP contribution in [0.15, 0.2) is 42.5 Å². The van der Waals surface area contributed by atoms with Gasteiger partial charge in [-0.25, -0.2) is 0 Å². The van der Waals surface area contributed by atoms with Crippen LogP contribution in [-0.4, -0.2) is 29.9 Å². The molecule has 3 nitrogen and oxygen atoms in total. The number of carbonyl (C=O) groups excluding carboxylic acids is 1. The second-order valence-electron chi connectivity index (χ2n) is 6.86. The van der Waals surface area contributed by atoms with Crippen molar-refractivity contribution in [1.82, 2.24) is 4.90 Å². The lowest BCUT2D eigenvalue weighted by Gasteiger charge is -2.28. The molecule has 2 aromatic carbocycles. The van der Waals surface area contributed by atoms with Crippen molar-refractivity contribution in [3.8, 4) is 0 Å². The molecule has 2 unspecified atom stereocenters. The highest BCUT2D eigenvalue weighted by molar-refractivity contribution is 5.98. The summed E-state index contributed by atoms with van der Waals surface area (Å²) in [5, 5.41) is 2.38. The molecule has 0 bridgehead atoms. The van der Waals surface area contributed by atoms with Gasteiger partial charge >= 0.3 is 0 Å². The number of amides is 1. The highest BCUT2D eigenvalue weighted by Gasteiger charge is 2.63. The van der Waals surface area contributed by atoms with Gasteiger partial charge in [0.25, 0.3) is 0 Å². The summed E-state index contributed by atoms with van der Waals surface area (Å²) in [5.41, 5.74) is 7.10. The predicted molar refractivity (Wildman–Crippen MR) is 99.9 cm³/mol. The molecule has 0 saturated heterocycles. The molecule has 0 aliphatic heterocycles. The Bertz CT molecular complexity index is 732. The fourth-order valence-corrected chi connectivity index (χ4v) is 4.17. The zero-order chi connectivity index (χ0) is 17.3.